The third kappa shape index (κ3) is 1.56. The van der Waals surface area contributed by atoms with E-state index in [2.05, 4.69) is 4.98 Å². The van der Waals surface area contributed by atoms with Gasteiger partial charge in [0.1, 0.15) is 0 Å². The zero-order valence-electron chi connectivity index (χ0n) is 5.32. The molecule has 0 aliphatic carbocycles. The van der Waals surface area contributed by atoms with E-state index in [4.69, 9.17) is 17.3 Å². The van der Waals surface area contributed by atoms with Crippen molar-refractivity contribution in [3.05, 3.63) is 27.4 Å². The Hall–Kier alpha value is -1.36. The van der Waals surface area contributed by atoms with E-state index in [1.54, 1.807) is 0 Å². The zero-order valence-corrected chi connectivity index (χ0v) is 6.08. The first kappa shape index (κ1) is 7.74. The van der Waals surface area contributed by atoms with Crippen molar-refractivity contribution < 1.29 is 4.92 Å². The van der Waals surface area contributed by atoms with Gasteiger partial charge in [0.25, 0.3) is 5.15 Å². The van der Waals surface area contributed by atoms with Gasteiger partial charge in [-0.3, -0.25) is 0 Å². The summed E-state index contributed by atoms with van der Waals surface area (Å²) in [4.78, 5) is 12.9. The van der Waals surface area contributed by atoms with E-state index < -0.39 is 4.92 Å². The van der Waals surface area contributed by atoms with Gasteiger partial charge in [0, 0.05) is 6.07 Å². The highest BCUT2D eigenvalue weighted by molar-refractivity contribution is 6.31. The molecule has 2 N–H and O–H groups in total. The molecule has 6 heteroatoms. The lowest BCUT2D eigenvalue weighted by atomic mass is 10.4. The number of halogens is 1. The lowest BCUT2D eigenvalue weighted by molar-refractivity contribution is -0.389. The average molecular weight is 174 g/mol. The summed E-state index contributed by atoms with van der Waals surface area (Å²) in [6.45, 7) is 0. The van der Waals surface area contributed by atoms with E-state index in [-0.39, 0.29) is 16.7 Å². The summed E-state index contributed by atoms with van der Waals surface area (Å²) >= 11 is 5.42. The third-order valence-corrected chi connectivity index (χ3v) is 1.35. The van der Waals surface area contributed by atoms with Gasteiger partial charge < -0.3 is 15.8 Å². The topological polar surface area (TPSA) is 82.0 Å². The standard InChI is InChI=1S/C5H4ClN3O2/c6-5-3(7)1-2-4(8-5)9(10)11/h1-2H,7H2. The SMILES string of the molecule is Nc1ccc([N+](=O)[O-])nc1Cl. The van der Waals surface area contributed by atoms with Crippen LogP contribution in [0.5, 0.6) is 0 Å². The number of rotatable bonds is 1. The third-order valence-electron chi connectivity index (χ3n) is 1.05. The predicted octanol–water partition coefficient (Wildman–Crippen LogP) is 1.23. The van der Waals surface area contributed by atoms with E-state index in [9.17, 15) is 10.1 Å². The van der Waals surface area contributed by atoms with Crippen molar-refractivity contribution in [3.8, 4) is 0 Å². The van der Waals surface area contributed by atoms with Crippen LogP contribution in [0.4, 0.5) is 11.5 Å². The molecular weight excluding hydrogens is 170 g/mol. The molecule has 0 amide bonds. The first-order chi connectivity index (χ1) is 5.11. The molecule has 1 rings (SSSR count). The number of hydrogen-bond acceptors (Lipinski definition) is 4. The lowest BCUT2D eigenvalue weighted by Gasteiger charge is -1.92. The smallest absolute Gasteiger partial charge is 0.365 e. The number of nitrogens with two attached hydrogens (primary N) is 1. The normalized spacial score (nSPS) is 9.55. The second-order valence-electron chi connectivity index (χ2n) is 1.81. The van der Waals surface area contributed by atoms with Gasteiger partial charge in [0.2, 0.25) is 0 Å². The summed E-state index contributed by atoms with van der Waals surface area (Å²) in [7, 11) is 0. The maximum atomic E-state index is 10.1. The number of nitrogen functional groups attached to an aromatic ring is 1. The molecule has 0 fully saturated rings. The number of nitro groups is 1. The van der Waals surface area contributed by atoms with Gasteiger partial charge in [-0.15, -0.1) is 0 Å². The van der Waals surface area contributed by atoms with Crippen LogP contribution in [0.2, 0.25) is 5.15 Å². The Morgan fingerprint density at radius 3 is 2.73 bits per heavy atom. The maximum absolute atomic E-state index is 10.1. The zero-order chi connectivity index (χ0) is 8.43. The van der Waals surface area contributed by atoms with E-state index in [1.807, 2.05) is 0 Å². The molecule has 0 saturated carbocycles. The van der Waals surface area contributed by atoms with Crippen molar-refractivity contribution in [1.82, 2.24) is 4.98 Å². The van der Waals surface area contributed by atoms with Crippen LogP contribution in [-0.2, 0) is 0 Å². The van der Waals surface area contributed by atoms with Gasteiger partial charge in [0.15, 0.2) is 0 Å². The van der Waals surface area contributed by atoms with Crippen LogP contribution in [-0.4, -0.2) is 9.91 Å². The minimum Gasteiger partial charge on any atom is -0.394 e. The van der Waals surface area contributed by atoms with Gasteiger partial charge >= 0.3 is 5.82 Å². The minimum atomic E-state index is -0.634. The van der Waals surface area contributed by atoms with Crippen LogP contribution in [0.25, 0.3) is 0 Å². The average Bonchev–Trinajstić information content (AvgIpc) is 1.94. The van der Waals surface area contributed by atoms with Crippen LogP contribution >= 0.6 is 11.6 Å². The second-order valence-corrected chi connectivity index (χ2v) is 2.16. The summed E-state index contributed by atoms with van der Waals surface area (Å²) in [6.07, 6.45) is 0. The van der Waals surface area contributed by atoms with E-state index in [1.165, 1.54) is 12.1 Å². The highest BCUT2D eigenvalue weighted by Crippen LogP contribution is 2.18. The van der Waals surface area contributed by atoms with Crippen LogP contribution < -0.4 is 5.73 Å². The number of nitrogens with zero attached hydrogens (tertiary/aromatic N) is 2. The largest absolute Gasteiger partial charge is 0.394 e. The molecule has 0 spiro atoms. The monoisotopic (exact) mass is 173 g/mol. The van der Waals surface area contributed by atoms with E-state index >= 15 is 0 Å². The number of pyridine rings is 1. The molecule has 0 unspecified atom stereocenters. The van der Waals surface area contributed by atoms with Gasteiger partial charge in [0.05, 0.1) is 5.69 Å². The lowest BCUT2D eigenvalue weighted by Crippen LogP contribution is -1.94. The number of anilines is 1. The number of hydrogen-bond donors (Lipinski definition) is 1. The molecule has 1 aromatic heterocycles. The van der Waals surface area contributed by atoms with Crippen molar-refractivity contribution in [2.24, 2.45) is 0 Å². The highest BCUT2D eigenvalue weighted by Gasteiger charge is 2.10. The van der Waals surface area contributed by atoms with Crippen molar-refractivity contribution >= 4 is 23.1 Å². The van der Waals surface area contributed by atoms with Crippen molar-refractivity contribution in [2.45, 2.75) is 0 Å². The Kier molecular flexibility index (Phi) is 1.91. The second kappa shape index (κ2) is 2.71. The Morgan fingerprint density at radius 2 is 2.27 bits per heavy atom. The Morgan fingerprint density at radius 1 is 1.64 bits per heavy atom. The van der Waals surface area contributed by atoms with E-state index in [0.29, 0.717) is 0 Å². The quantitative estimate of drug-likeness (QED) is 0.393. The first-order valence-electron chi connectivity index (χ1n) is 2.67. The molecule has 0 atom stereocenters. The summed E-state index contributed by atoms with van der Waals surface area (Å²) in [5, 5.41) is 10.1. The Labute approximate surface area is 66.9 Å². The predicted molar refractivity (Wildman–Crippen MR) is 40.3 cm³/mol. The van der Waals surface area contributed by atoms with Crippen LogP contribution in [0.1, 0.15) is 0 Å². The van der Waals surface area contributed by atoms with Crippen molar-refractivity contribution in [1.29, 1.82) is 0 Å². The molecule has 11 heavy (non-hydrogen) atoms. The maximum Gasteiger partial charge on any atom is 0.365 e. The number of aromatic nitrogens is 1. The van der Waals surface area contributed by atoms with Gasteiger partial charge in [-0.25, -0.2) is 0 Å². The molecule has 1 heterocycles. The molecule has 0 aliphatic heterocycles. The van der Waals surface area contributed by atoms with Gasteiger partial charge in [-0.05, 0) is 27.6 Å². The van der Waals surface area contributed by atoms with Crippen LogP contribution in [0.3, 0.4) is 0 Å². The molecule has 1 aromatic rings. The summed E-state index contributed by atoms with van der Waals surface area (Å²) in [6, 6.07) is 2.54. The van der Waals surface area contributed by atoms with Gasteiger partial charge in [-0.1, -0.05) is 0 Å². The summed E-state index contributed by atoms with van der Waals surface area (Å²) in [5.74, 6) is -0.302. The fourth-order valence-electron chi connectivity index (χ4n) is 0.537. The highest BCUT2D eigenvalue weighted by atomic mass is 35.5. The summed E-state index contributed by atoms with van der Waals surface area (Å²) in [5.41, 5.74) is 5.51. The molecule has 58 valence electrons. The fraction of sp³-hybridized carbons (Fsp3) is 0. The van der Waals surface area contributed by atoms with Gasteiger partial charge in [-0.2, -0.15) is 0 Å². The molecule has 5 nitrogen and oxygen atoms in total. The van der Waals surface area contributed by atoms with Crippen LogP contribution in [0, 0.1) is 10.1 Å². The molecule has 0 radical (unpaired) electrons. The van der Waals surface area contributed by atoms with Crippen molar-refractivity contribution in [2.75, 3.05) is 5.73 Å². The molecule has 0 saturated heterocycles. The van der Waals surface area contributed by atoms with Crippen LogP contribution in [0.15, 0.2) is 12.1 Å². The molecular formula is C5H4ClN3O2. The molecule has 0 aliphatic rings. The van der Waals surface area contributed by atoms with E-state index in [0.717, 1.165) is 0 Å². The Bertz CT molecular complexity index is 302. The molecule has 0 bridgehead atoms. The first-order valence-corrected chi connectivity index (χ1v) is 3.05. The van der Waals surface area contributed by atoms with Crippen molar-refractivity contribution in [3.63, 3.8) is 0 Å². The summed E-state index contributed by atoms with van der Waals surface area (Å²) < 4.78 is 0. The molecule has 0 aromatic carbocycles. The fourth-order valence-corrected chi connectivity index (χ4v) is 0.687. The minimum absolute atomic E-state index is 0.0424. The Balaban J connectivity index is 3.15.